The molecule has 92 valence electrons. The molecule has 0 aliphatic heterocycles. The molecule has 5 heteroatoms. The monoisotopic (exact) mass is 259 g/mol. The molecule has 0 aliphatic carbocycles. The number of thiophene rings is 1. The Morgan fingerprint density at radius 2 is 1.94 bits per heavy atom. The molecule has 3 heterocycles. The number of hydrogen-bond donors (Lipinski definition) is 1. The van der Waals surface area contributed by atoms with Crippen molar-refractivity contribution >= 4 is 27.6 Å². The molecule has 3 aromatic rings. The van der Waals surface area contributed by atoms with Crippen molar-refractivity contribution in [2.45, 2.75) is 20.8 Å². The molecule has 0 amide bonds. The molecule has 0 aromatic carbocycles. The largest absolute Gasteiger partial charge is 0.434 e. The number of pyridine rings is 1. The van der Waals surface area contributed by atoms with Crippen LogP contribution in [-0.4, -0.2) is 9.97 Å². The number of rotatable bonds is 1. The van der Waals surface area contributed by atoms with Crippen LogP contribution in [0.25, 0.3) is 22.7 Å². The molecule has 0 aliphatic rings. The van der Waals surface area contributed by atoms with E-state index in [0.29, 0.717) is 17.1 Å². The van der Waals surface area contributed by atoms with E-state index in [4.69, 9.17) is 10.2 Å². The summed E-state index contributed by atoms with van der Waals surface area (Å²) in [4.78, 5) is 9.96. The van der Waals surface area contributed by atoms with Crippen LogP contribution >= 0.6 is 11.3 Å². The van der Waals surface area contributed by atoms with Gasteiger partial charge >= 0.3 is 0 Å². The van der Waals surface area contributed by atoms with Crippen LogP contribution in [0.1, 0.15) is 16.1 Å². The second-order valence-corrected chi connectivity index (χ2v) is 5.57. The van der Waals surface area contributed by atoms with Gasteiger partial charge in [0.05, 0.1) is 10.6 Å². The number of nitrogens with zero attached hydrogens (tertiary/aromatic N) is 2. The Hall–Kier alpha value is -1.88. The zero-order chi connectivity index (χ0) is 12.9. The highest BCUT2D eigenvalue weighted by molar-refractivity contribution is 7.16. The van der Waals surface area contributed by atoms with E-state index < -0.39 is 0 Å². The van der Waals surface area contributed by atoms with E-state index in [1.807, 2.05) is 32.9 Å². The summed E-state index contributed by atoms with van der Waals surface area (Å²) in [6.07, 6.45) is 0. The summed E-state index contributed by atoms with van der Waals surface area (Å²) in [7, 11) is 0. The number of fused-ring (bicyclic) bond motifs is 1. The molecular formula is C13H13N3OS. The first-order chi connectivity index (χ1) is 8.56. The highest BCUT2D eigenvalue weighted by atomic mass is 32.1. The lowest BCUT2D eigenvalue weighted by Gasteiger charge is -1.95. The average Bonchev–Trinajstić information content (AvgIpc) is 2.80. The molecule has 18 heavy (non-hydrogen) atoms. The third kappa shape index (κ3) is 1.59. The van der Waals surface area contributed by atoms with Gasteiger partial charge in [-0.15, -0.1) is 11.3 Å². The molecule has 0 saturated heterocycles. The normalized spacial score (nSPS) is 11.3. The van der Waals surface area contributed by atoms with Gasteiger partial charge in [0.2, 0.25) is 5.89 Å². The van der Waals surface area contributed by atoms with Crippen molar-refractivity contribution < 1.29 is 4.42 Å². The summed E-state index contributed by atoms with van der Waals surface area (Å²) in [6, 6.07) is 3.80. The zero-order valence-electron chi connectivity index (χ0n) is 10.4. The standard InChI is InChI=1S/C13H13N3OS/c1-6-4-5-9-12(15-6)16-13(17-9)10-7(2)8(3)18-11(10)14/h4-5H,14H2,1-3H3. The molecule has 0 spiro atoms. The number of hydrogen-bond acceptors (Lipinski definition) is 5. The second-order valence-electron chi connectivity index (χ2n) is 4.32. The van der Waals surface area contributed by atoms with Gasteiger partial charge in [0, 0.05) is 10.6 Å². The van der Waals surface area contributed by atoms with E-state index in [2.05, 4.69) is 9.97 Å². The van der Waals surface area contributed by atoms with Crippen LogP contribution in [-0.2, 0) is 0 Å². The van der Waals surface area contributed by atoms with Gasteiger partial charge in [-0.25, -0.2) is 4.98 Å². The maximum absolute atomic E-state index is 6.02. The Balaban J connectivity index is 2.25. The van der Waals surface area contributed by atoms with E-state index in [1.54, 1.807) is 11.3 Å². The predicted octanol–water partition coefficient (Wildman–Crippen LogP) is 3.46. The summed E-state index contributed by atoms with van der Waals surface area (Å²) < 4.78 is 5.74. The van der Waals surface area contributed by atoms with Gasteiger partial charge < -0.3 is 10.2 Å². The molecule has 0 fully saturated rings. The van der Waals surface area contributed by atoms with Gasteiger partial charge in [-0.05, 0) is 38.5 Å². The molecule has 0 atom stereocenters. The Morgan fingerprint density at radius 3 is 2.61 bits per heavy atom. The fraction of sp³-hybridized carbons (Fsp3) is 0.231. The average molecular weight is 259 g/mol. The Morgan fingerprint density at radius 1 is 1.17 bits per heavy atom. The zero-order valence-corrected chi connectivity index (χ0v) is 11.3. The minimum Gasteiger partial charge on any atom is -0.434 e. The SMILES string of the molecule is Cc1ccc2oc(-c3c(N)sc(C)c3C)nc2n1. The first kappa shape index (κ1) is 11.2. The number of anilines is 1. The third-order valence-electron chi connectivity index (χ3n) is 3.02. The third-order valence-corrected chi connectivity index (χ3v) is 4.06. The van der Waals surface area contributed by atoms with Crippen molar-refractivity contribution in [2.24, 2.45) is 0 Å². The van der Waals surface area contributed by atoms with Crippen molar-refractivity contribution in [1.82, 2.24) is 9.97 Å². The quantitative estimate of drug-likeness (QED) is 0.726. The van der Waals surface area contributed by atoms with Crippen LogP contribution in [0.3, 0.4) is 0 Å². The first-order valence-electron chi connectivity index (χ1n) is 5.66. The summed E-state index contributed by atoms with van der Waals surface area (Å²) in [6.45, 7) is 6.01. The molecule has 0 saturated carbocycles. The van der Waals surface area contributed by atoms with E-state index in [9.17, 15) is 0 Å². The van der Waals surface area contributed by atoms with Crippen LogP contribution in [0.15, 0.2) is 16.5 Å². The Bertz CT molecular complexity index is 742. The fourth-order valence-electron chi connectivity index (χ4n) is 1.94. The van der Waals surface area contributed by atoms with Crippen LogP contribution in [0.4, 0.5) is 5.00 Å². The van der Waals surface area contributed by atoms with Gasteiger partial charge in [-0.3, -0.25) is 0 Å². The Labute approximate surface area is 108 Å². The van der Waals surface area contributed by atoms with Gasteiger partial charge in [0.15, 0.2) is 11.2 Å². The molecular weight excluding hydrogens is 246 g/mol. The molecule has 3 aromatic heterocycles. The van der Waals surface area contributed by atoms with Crippen molar-refractivity contribution in [2.75, 3.05) is 5.73 Å². The molecule has 0 unspecified atom stereocenters. The van der Waals surface area contributed by atoms with E-state index >= 15 is 0 Å². The molecule has 0 radical (unpaired) electrons. The lowest BCUT2D eigenvalue weighted by molar-refractivity contribution is 0.619. The number of aryl methyl sites for hydroxylation is 2. The molecule has 3 rings (SSSR count). The first-order valence-corrected chi connectivity index (χ1v) is 6.48. The van der Waals surface area contributed by atoms with Crippen LogP contribution in [0.5, 0.6) is 0 Å². The summed E-state index contributed by atoms with van der Waals surface area (Å²) in [5.41, 5.74) is 10.3. The fourth-order valence-corrected chi connectivity index (χ4v) is 2.87. The maximum Gasteiger partial charge on any atom is 0.232 e. The van der Waals surface area contributed by atoms with Crippen LogP contribution in [0.2, 0.25) is 0 Å². The van der Waals surface area contributed by atoms with E-state index in [0.717, 1.165) is 21.8 Å². The minimum absolute atomic E-state index is 0.558. The predicted molar refractivity (Wildman–Crippen MR) is 73.7 cm³/mol. The highest BCUT2D eigenvalue weighted by Gasteiger charge is 2.18. The van der Waals surface area contributed by atoms with Gasteiger partial charge in [-0.1, -0.05) is 0 Å². The smallest absolute Gasteiger partial charge is 0.232 e. The van der Waals surface area contributed by atoms with Crippen molar-refractivity contribution in [1.29, 1.82) is 0 Å². The van der Waals surface area contributed by atoms with Gasteiger partial charge in [0.1, 0.15) is 0 Å². The number of nitrogen functional groups attached to an aromatic ring is 1. The summed E-state index contributed by atoms with van der Waals surface area (Å²) in [5, 5.41) is 0.744. The van der Waals surface area contributed by atoms with Gasteiger partial charge in [0.25, 0.3) is 0 Å². The lowest BCUT2D eigenvalue weighted by Crippen LogP contribution is -1.86. The summed E-state index contributed by atoms with van der Waals surface area (Å²) >= 11 is 1.56. The van der Waals surface area contributed by atoms with E-state index in [-0.39, 0.29) is 0 Å². The van der Waals surface area contributed by atoms with Crippen molar-refractivity contribution in [3.63, 3.8) is 0 Å². The second kappa shape index (κ2) is 3.81. The van der Waals surface area contributed by atoms with E-state index in [1.165, 1.54) is 4.88 Å². The summed E-state index contributed by atoms with van der Waals surface area (Å²) in [5.74, 6) is 0.558. The molecule has 0 bridgehead atoms. The number of nitrogens with two attached hydrogens (primary N) is 1. The molecule has 4 nitrogen and oxygen atoms in total. The van der Waals surface area contributed by atoms with Crippen LogP contribution in [0, 0.1) is 20.8 Å². The Kier molecular flexibility index (Phi) is 2.38. The topological polar surface area (TPSA) is 64.9 Å². The number of oxazole rings is 1. The maximum atomic E-state index is 6.02. The minimum atomic E-state index is 0.558. The van der Waals surface area contributed by atoms with Gasteiger partial charge in [-0.2, -0.15) is 4.98 Å². The van der Waals surface area contributed by atoms with Crippen molar-refractivity contribution in [3.8, 4) is 11.5 Å². The highest BCUT2D eigenvalue weighted by Crippen LogP contribution is 2.38. The van der Waals surface area contributed by atoms with Crippen LogP contribution < -0.4 is 5.73 Å². The lowest BCUT2D eigenvalue weighted by atomic mass is 10.1. The van der Waals surface area contributed by atoms with Crippen molar-refractivity contribution in [3.05, 3.63) is 28.3 Å². The molecule has 2 N–H and O–H groups in total. The number of aromatic nitrogens is 2.